The van der Waals surface area contributed by atoms with Crippen molar-refractivity contribution in [3.63, 3.8) is 0 Å². The van der Waals surface area contributed by atoms with Crippen molar-refractivity contribution in [1.82, 2.24) is 4.90 Å². The number of likely N-dealkylation sites (tertiary alicyclic amines) is 1. The number of nitrogens with one attached hydrogen (secondary N) is 1. The van der Waals surface area contributed by atoms with Crippen molar-refractivity contribution in [2.24, 2.45) is 0 Å². The largest absolute Gasteiger partial charge is 0.357 e. The average Bonchev–Trinajstić information content (AvgIpc) is 2.74. The molecule has 1 heterocycles. The molecule has 0 radical (unpaired) electrons. The molecule has 0 aromatic heterocycles. The van der Waals surface area contributed by atoms with Crippen LogP contribution in [0.5, 0.6) is 0 Å². The summed E-state index contributed by atoms with van der Waals surface area (Å²) in [4.78, 5) is 2.02. The number of hydrogen-bond donors (Lipinski definition) is 1. The van der Waals surface area contributed by atoms with Gasteiger partial charge in [0, 0.05) is 18.7 Å². The van der Waals surface area contributed by atoms with E-state index in [2.05, 4.69) is 0 Å². The van der Waals surface area contributed by atoms with Crippen molar-refractivity contribution in [2.45, 2.75) is 19.8 Å². The van der Waals surface area contributed by atoms with E-state index in [-0.39, 0.29) is 5.82 Å². The highest BCUT2D eigenvalue weighted by Gasteiger charge is 2.17. The third kappa shape index (κ3) is 2.01. The predicted octanol–water partition coefficient (Wildman–Crippen LogP) is 2.56. The third-order valence-corrected chi connectivity index (χ3v) is 2.88. The first kappa shape index (κ1) is 10.1. The van der Waals surface area contributed by atoms with Crippen LogP contribution in [-0.2, 0) is 0 Å². The number of amidine groups is 1. The lowest BCUT2D eigenvalue weighted by atomic mass is 10.1. The topological polar surface area (TPSA) is 27.1 Å². The van der Waals surface area contributed by atoms with Gasteiger partial charge < -0.3 is 4.90 Å². The third-order valence-electron chi connectivity index (χ3n) is 2.88. The minimum Gasteiger partial charge on any atom is -0.357 e. The van der Waals surface area contributed by atoms with E-state index in [1.165, 1.54) is 12.1 Å². The fourth-order valence-corrected chi connectivity index (χ4v) is 1.96. The van der Waals surface area contributed by atoms with Crippen LogP contribution in [-0.4, -0.2) is 23.8 Å². The summed E-state index contributed by atoms with van der Waals surface area (Å²) < 4.78 is 13.1. The van der Waals surface area contributed by atoms with E-state index in [4.69, 9.17) is 5.41 Å². The molecule has 0 saturated carbocycles. The van der Waals surface area contributed by atoms with Crippen molar-refractivity contribution in [2.75, 3.05) is 13.1 Å². The Labute approximate surface area is 89.2 Å². The molecular formula is C12H15FN2. The van der Waals surface area contributed by atoms with Gasteiger partial charge in [-0.05, 0) is 37.5 Å². The second-order valence-corrected chi connectivity index (χ2v) is 4.00. The quantitative estimate of drug-likeness (QED) is 0.555. The molecule has 1 N–H and O–H groups in total. The zero-order valence-electron chi connectivity index (χ0n) is 8.89. The maximum atomic E-state index is 13.1. The molecule has 2 rings (SSSR count). The fraction of sp³-hybridized carbons (Fsp3) is 0.417. The van der Waals surface area contributed by atoms with Crippen molar-refractivity contribution in [1.29, 1.82) is 5.41 Å². The molecule has 2 nitrogen and oxygen atoms in total. The summed E-state index contributed by atoms with van der Waals surface area (Å²) in [5.74, 6) is 0.198. The first-order valence-electron chi connectivity index (χ1n) is 5.28. The lowest BCUT2D eigenvalue weighted by molar-refractivity contribution is 0.516. The Morgan fingerprint density at radius 2 is 2.00 bits per heavy atom. The Bertz CT molecular complexity index is 381. The standard InChI is InChI=1S/C12H15FN2/c1-9-4-5-10(13)8-11(9)12(14)15-6-2-3-7-15/h4-5,8,14H,2-3,6-7H2,1H3. The van der Waals surface area contributed by atoms with E-state index < -0.39 is 0 Å². The molecule has 15 heavy (non-hydrogen) atoms. The SMILES string of the molecule is Cc1ccc(F)cc1C(=N)N1CCCC1. The van der Waals surface area contributed by atoms with E-state index in [0.29, 0.717) is 5.84 Å². The molecule has 3 heteroatoms. The zero-order valence-corrected chi connectivity index (χ0v) is 8.89. The Morgan fingerprint density at radius 1 is 1.33 bits per heavy atom. The lowest BCUT2D eigenvalue weighted by Crippen LogP contribution is -2.28. The van der Waals surface area contributed by atoms with Crippen molar-refractivity contribution in [3.8, 4) is 0 Å². The van der Waals surface area contributed by atoms with Gasteiger partial charge in [-0.25, -0.2) is 4.39 Å². The molecule has 0 spiro atoms. The van der Waals surface area contributed by atoms with E-state index in [0.717, 1.165) is 37.1 Å². The Kier molecular flexibility index (Phi) is 2.71. The predicted molar refractivity (Wildman–Crippen MR) is 58.8 cm³/mol. The van der Waals surface area contributed by atoms with Gasteiger partial charge in [-0.2, -0.15) is 0 Å². The molecular weight excluding hydrogens is 191 g/mol. The van der Waals surface area contributed by atoms with Crippen LogP contribution in [0.2, 0.25) is 0 Å². The molecule has 1 saturated heterocycles. The smallest absolute Gasteiger partial charge is 0.128 e. The minimum atomic E-state index is -0.264. The van der Waals surface area contributed by atoms with Gasteiger partial charge in [-0.1, -0.05) is 6.07 Å². The lowest BCUT2D eigenvalue weighted by Gasteiger charge is -2.19. The number of nitrogens with zero attached hydrogens (tertiary/aromatic N) is 1. The fourth-order valence-electron chi connectivity index (χ4n) is 1.96. The Morgan fingerprint density at radius 3 is 2.67 bits per heavy atom. The number of rotatable bonds is 1. The van der Waals surface area contributed by atoms with Gasteiger partial charge in [0.1, 0.15) is 11.7 Å². The Balaban J connectivity index is 2.27. The van der Waals surface area contributed by atoms with Crippen LogP contribution in [0, 0.1) is 18.2 Å². The van der Waals surface area contributed by atoms with Crippen LogP contribution in [0.4, 0.5) is 4.39 Å². The van der Waals surface area contributed by atoms with Gasteiger partial charge in [-0.15, -0.1) is 0 Å². The highest BCUT2D eigenvalue weighted by molar-refractivity contribution is 5.97. The van der Waals surface area contributed by atoms with Crippen LogP contribution in [0.15, 0.2) is 18.2 Å². The molecule has 1 aliphatic rings. The number of halogens is 1. The summed E-state index contributed by atoms with van der Waals surface area (Å²) >= 11 is 0. The second-order valence-electron chi connectivity index (χ2n) is 4.00. The summed E-state index contributed by atoms with van der Waals surface area (Å²) in [5, 5.41) is 8.02. The molecule has 0 atom stereocenters. The maximum Gasteiger partial charge on any atom is 0.128 e. The second kappa shape index (κ2) is 4.01. The van der Waals surface area contributed by atoms with E-state index in [1.807, 2.05) is 11.8 Å². The van der Waals surface area contributed by atoms with Gasteiger partial charge in [0.2, 0.25) is 0 Å². The number of aryl methyl sites for hydroxylation is 1. The van der Waals surface area contributed by atoms with Crippen LogP contribution in [0.1, 0.15) is 24.0 Å². The maximum absolute atomic E-state index is 13.1. The van der Waals surface area contributed by atoms with Gasteiger partial charge in [-0.3, -0.25) is 5.41 Å². The van der Waals surface area contributed by atoms with Gasteiger partial charge >= 0.3 is 0 Å². The molecule has 0 aliphatic carbocycles. The molecule has 1 fully saturated rings. The number of benzene rings is 1. The van der Waals surface area contributed by atoms with Gasteiger partial charge in [0.25, 0.3) is 0 Å². The summed E-state index contributed by atoms with van der Waals surface area (Å²) in [7, 11) is 0. The Hall–Kier alpha value is -1.38. The van der Waals surface area contributed by atoms with Crippen molar-refractivity contribution < 1.29 is 4.39 Å². The highest BCUT2D eigenvalue weighted by atomic mass is 19.1. The summed E-state index contributed by atoms with van der Waals surface area (Å²) in [6.45, 7) is 3.77. The molecule has 80 valence electrons. The normalized spacial score (nSPS) is 15.7. The average molecular weight is 206 g/mol. The van der Waals surface area contributed by atoms with E-state index in [9.17, 15) is 4.39 Å². The number of hydrogen-bond acceptors (Lipinski definition) is 1. The van der Waals surface area contributed by atoms with E-state index in [1.54, 1.807) is 6.07 Å². The monoisotopic (exact) mass is 206 g/mol. The van der Waals surface area contributed by atoms with Gasteiger partial charge in [0.05, 0.1) is 0 Å². The van der Waals surface area contributed by atoms with Crippen LogP contribution in [0.25, 0.3) is 0 Å². The van der Waals surface area contributed by atoms with Crippen molar-refractivity contribution in [3.05, 3.63) is 35.1 Å². The molecule has 1 aliphatic heterocycles. The summed E-state index contributed by atoms with van der Waals surface area (Å²) in [5.41, 5.74) is 1.69. The first-order chi connectivity index (χ1) is 7.18. The van der Waals surface area contributed by atoms with E-state index >= 15 is 0 Å². The first-order valence-corrected chi connectivity index (χ1v) is 5.28. The summed E-state index contributed by atoms with van der Waals surface area (Å²) in [6.07, 6.45) is 2.27. The molecule has 0 amide bonds. The highest BCUT2D eigenvalue weighted by Crippen LogP contribution is 2.16. The van der Waals surface area contributed by atoms with Crippen molar-refractivity contribution >= 4 is 5.84 Å². The molecule has 0 unspecified atom stereocenters. The van der Waals surface area contributed by atoms with Gasteiger partial charge in [0.15, 0.2) is 0 Å². The molecule has 0 bridgehead atoms. The zero-order chi connectivity index (χ0) is 10.8. The molecule has 1 aromatic rings. The van der Waals surface area contributed by atoms with Crippen LogP contribution < -0.4 is 0 Å². The minimum absolute atomic E-state index is 0.264. The van der Waals surface area contributed by atoms with Crippen LogP contribution in [0.3, 0.4) is 0 Å². The van der Waals surface area contributed by atoms with Crippen LogP contribution >= 0.6 is 0 Å². The summed E-state index contributed by atoms with van der Waals surface area (Å²) in [6, 6.07) is 4.63. The molecule has 1 aromatic carbocycles.